The van der Waals surface area contributed by atoms with E-state index in [9.17, 15) is 9.59 Å². The number of carbonyl (C=O) groups excluding carboxylic acids is 1. The Morgan fingerprint density at radius 3 is 2.27 bits per heavy atom. The lowest BCUT2D eigenvalue weighted by Crippen LogP contribution is -2.48. The first-order valence-corrected chi connectivity index (χ1v) is 11.6. The second-order valence-corrected chi connectivity index (χ2v) is 8.63. The molecule has 3 rings (SSSR count). The summed E-state index contributed by atoms with van der Waals surface area (Å²) in [4.78, 5) is 27.2. The minimum absolute atomic E-state index is 0.170. The predicted molar refractivity (Wildman–Crippen MR) is 126 cm³/mol. The molecule has 1 aliphatic heterocycles. The third-order valence-corrected chi connectivity index (χ3v) is 5.89. The van der Waals surface area contributed by atoms with Gasteiger partial charge in [0.15, 0.2) is 0 Å². The van der Waals surface area contributed by atoms with Gasteiger partial charge in [-0.05, 0) is 30.2 Å². The van der Waals surface area contributed by atoms with Crippen LogP contribution in [0.2, 0.25) is 5.02 Å². The van der Waals surface area contributed by atoms with E-state index >= 15 is 0 Å². The van der Waals surface area contributed by atoms with E-state index in [4.69, 9.17) is 26.2 Å². The second-order valence-electron chi connectivity index (χ2n) is 8.19. The Hall–Kier alpha value is -2.45. The molecule has 33 heavy (non-hydrogen) atoms. The summed E-state index contributed by atoms with van der Waals surface area (Å²) in [6.45, 7) is 6.16. The average molecular weight is 475 g/mol. The number of carboxylic acid groups (broad SMARTS) is 1. The highest BCUT2D eigenvalue weighted by molar-refractivity contribution is 6.30. The number of carboxylic acids is 1. The lowest BCUT2D eigenvalue weighted by molar-refractivity contribution is -0.156. The average Bonchev–Trinajstić information content (AvgIpc) is 2.79. The molecule has 0 spiro atoms. The van der Waals surface area contributed by atoms with E-state index in [2.05, 4.69) is 46.2 Å². The predicted octanol–water partition coefficient (Wildman–Crippen LogP) is 3.47. The van der Waals surface area contributed by atoms with Crippen molar-refractivity contribution in [2.24, 2.45) is 0 Å². The van der Waals surface area contributed by atoms with Gasteiger partial charge in [-0.2, -0.15) is 0 Å². The fraction of sp³-hybridized carbons (Fsp3) is 0.440. The number of benzene rings is 2. The molecule has 0 amide bonds. The van der Waals surface area contributed by atoms with E-state index in [1.165, 1.54) is 11.1 Å². The third-order valence-electron chi connectivity index (χ3n) is 5.64. The number of aliphatic carboxylic acids is 1. The quantitative estimate of drug-likeness (QED) is 0.394. The molecule has 7 nitrogen and oxygen atoms in total. The molecular weight excluding hydrogens is 444 g/mol. The molecule has 0 aromatic heterocycles. The van der Waals surface area contributed by atoms with Crippen molar-refractivity contribution in [3.8, 4) is 0 Å². The maximum Gasteiger partial charge on any atom is 0.332 e. The number of halogens is 1. The van der Waals surface area contributed by atoms with Gasteiger partial charge in [-0.25, -0.2) is 4.79 Å². The maximum atomic E-state index is 11.7. The Morgan fingerprint density at radius 2 is 1.64 bits per heavy atom. The van der Waals surface area contributed by atoms with Crippen molar-refractivity contribution in [3.05, 3.63) is 70.7 Å². The first kappa shape index (κ1) is 25.2. The number of carbonyl (C=O) groups is 2. The van der Waals surface area contributed by atoms with Gasteiger partial charge in [-0.15, -0.1) is 0 Å². The van der Waals surface area contributed by atoms with Crippen LogP contribution < -0.4 is 0 Å². The third kappa shape index (κ3) is 8.12. The van der Waals surface area contributed by atoms with Crippen LogP contribution in [-0.2, 0) is 19.1 Å². The van der Waals surface area contributed by atoms with Crippen LogP contribution >= 0.6 is 11.6 Å². The van der Waals surface area contributed by atoms with Crippen LogP contribution in [0.25, 0.3) is 0 Å². The van der Waals surface area contributed by atoms with Crippen molar-refractivity contribution in [1.29, 1.82) is 0 Å². The summed E-state index contributed by atoms with van der Waals surface area (Å²) in [6.07, 6.45) is -0.874. The highest BCUT2D eigenvalue weighted by Gasteiger charge is 2.26. The van der Waals surface area contributed by atoms with Crippen molar-refractivity contribution in [3.63, 3.8) is 0 Å². The first-order valence-electron chi connectivity index (χ1n) is 11.2. The molecule has 1 heterocycles. The topological polar surface area (TPSA) is 79.3 Å². The standard InChI is InChI=1S/C25H31ClN2O5/c1-19(17-23(29)30)33-24(31)18-32-16-15-27-11-13-28(14-12-27)25(20-5-3-2-4-6-20)21-7-9-22(26)10-8-21/h2-10,19,25H,11-18H2,1H3,(H,29,30). The van der Waals surface area contributed by atoms with Gasteiger partial charge in [0.05, 0.1) is 19.1 Å². The molecule has 0 aliphatic carbocycles. The van der Waals surface area contributed by atoms with Crippen LogP contribution in [0.1, 0.15) is 30.5 Å². The zero-order valence-electron chi connectivity index (χ0n) is 18.9. The number of piperazine rings is 1. The van der Waals surface area contributed by atoms with Gasteiger partial charge in [0.1, 0.15) is 12.7 Å². The number of nitrogens with zero attached hydrogens (tertiary/aromatic N) is 2. The van der Waals surface area contributed by atoms with Crippen LogP contribution in [-0.4, -0.2) is 78.9 Å². The van der Waals surface area contributed by atoms with Crippen LogP contribution in [0.5, 0.6) is 0 Å². The van der Waals surface area contributed by atoms with Gasteiger partial charge in [0.25, 0.3) is 0 Å². The number of hydrogen-bond acceptors (Lipinski definition) is 6. The molecule has 0 saturated carbocycles. The molecule has 178 valence electrons. The van der Waals surface area contributed by atoms with Gasteiger partial charge < -0.3 is 14.6 Å². The van der Waals surface area contributed by atoms with Crippen LogP contribution in [0, 0.1) is 0 Å². The van der Waals surface area contributed by atoms with Crippen molar-refractivity contribution >= 4 is 23.5 Å². The van der Waals surface area contributed by atoms with Crippen molar-refractivity contribution in [2.75, 3.05) is 45.9 Å². The van der Waals surface area contributed by atoms with Gasteiger partial charge in [0, 0.05) is 37.7 Å². The lowest BCUT2D eigenvalue weighted by Gasteiger charge is -2.39. The van der Waals surface area contributed by atoms with Gasteiger partial charge in [0.2, 0.25) is 0 Å². The van der Waals surface area contributed by atoms with Gasteiger partial charge in [-0.3, -0.25) is 14.6 Å². The lowest BCUT2D eigenvalue weighted by atomic mass is 9.96. The molecule has 2 aromatic carbocycles. The Balaban J connectivity index is 1.45. The van der Waals surface area contributed by atoms with Crippen LogP contribution in [0.15, 0.2) is 54.6 Å². The molecule has 2 atom stereocenters. The summed E-state index contributed by atoms with van der Waals surface area (Å²) in [5.41, 5.74) is 2.48. The maximum absolute atomic E-state index is 11.7. The molecule has 2 aromatic rings. The summed E-state index contributed by atoms with van der Waals surface area (Å²) in [5, 5.41) is 9.44. The highest BCUT2D eigenvalue weighted by Crippen LogP contribution is 2.30. The minimum Gasteiger partial charge on any atom is -0.481 e. The zero-order chi connectivity index (χ0) is 23.6. The first-order chi connectivity index (χ1) is 15.9. The number of esters is 1. The van der Waals surface area contributed by atoms with E-state index in [0.717, 1.165) is 37.7 Å². The SMILES string of the molecule is CC(CC(=O)O)OC(=O)COCCN1CCN(C(c2ccccc2)c2ccc(Cl)cc2)CC1. The molecule has 0 radical (unpaired) electrons. The van der Waals surface area contributed by atoms with Crippen molar-refractivity contribution in [1.82, 2.24) is 9.80 Å². The van der Waals surface area contributed by atoms with E-state index < -0.39 is 18.0 Å². The monoisotopic (exact) mass is 474 g/mol. The Bertz CT molecular complexity index is 885. The zero-order valence-corrected chi connectivity index (χ0v) is 19.6. The van der Waals surface area contributed by atoms with Crippen LogP contribution in [0.3, 0.4) is 0 Å². The fourth-order valence-corrected chi connectivity index (χ4v) is 4.16. The van der Waals surface area contributed by atoms with E-state index in [1.54, 1.807) is 6.92 Å². The van der Waals surface area contributed by atoms with E-state index in [0.29, 0.717) is 6.61 Å². The molecule has 8 heteroatoms. The second kappa shape index (κ2) is 12.7. The van der Waals surface area contributed by atoms with Crippen LogP contribution in [0.4, 0.5) is 0 Å². The largest absolute Gasteiger partial charge is 0.481 e. The van der Waals surface area contributed by atoms with Crippen molar-refractivity contribution < 1.29 is 24.2 Å². The summed E-state index contributed by atoms with van der Waals surface area (Å²) in [6, 6.07) is 18.7. The number of rotatable bonds is 11. The number of hydrogen-bond donors (Lipinski definition) is 1. The Kier molecular flexibility index (Phi) is 9.69. The minimum atomic E-state index is -0.999. The summed E-state index contributed by atoms with van der Waals surface area (Å²) >= 11 is 6.11. The summed E-state index contributed by atoms with van der Waals surface area (Å²) in [7, 11) is 0. The summed E-state index contributed by atoms with van der Waals surface area (Å²) in [5.74, 6) is -1.54. The molecular formula is C25H31ClN2O5. The molecule has 1 fully saturated rings. The normalized spacial score (nSPS) is 16.8. The fourth-order valence-electron chi connectivity index (χ4n) is 4.03. The smallest absolute Gasteiger partial charge is 0.332 e. The molecule has 1 aliphatic rings. The highest BCUT2D eigenvalue weighted by atomic mass is 35.5. The van der Waals surface area contributed by atoms with Gasteiger partial charge in [-0.1, -0.05) is 54.1 Å². The van der Waals surface area contributed by atoms with Crippen molar-refractivity contribution in [2.45, 2.75) is 25.5 Å². The number of ether oxygens (including phenoxy) is 2. The van der Waals surface area contributed by atoms with E-state index in [1.807, 2.05) is 18.2 Å². The van der Waals surface area contributed by atoms with E-state index in [-0.39, 0.29) is 19.1 Å². The van der Waals surface area contributed by atoms with Gasteiger partial charge >= 0.3 is 11.9 Å². The summed E-state index contributed by atoms with van der Waals surface area (Å²) < 4.78 is 10.5. The molecule has 1 saturated heterocycles. The molecule has 1 N–H and O–H groups in total. The Labute approximate surface area is 199 Å². The molecule has 0 bridgehead atoms. The molecule has 2 unspecified atom stereocenters. The Morgan fingerprint density at radius 1 is 1.00 bits per heavy atom.